The molecule has 0 fully saturated rings. The maximum atomic E-state index is 11.3. The second-order valence-corrected chi connectivity index (χ2v) is 4.59. The Labute approximate surface area is 108 Å². The van der Waals surface area contributed by atoms with Gasteiger partial charge in [0.15, 0.2) is 0 Å². The normalized spacial score (nSPS) is 17.6. The molecule has 98 valence electrons. The maximum Gasteiger partial charge on any atom is 0.245 e. The molecule has 0 bridgehead atoms. The van der Waals surface area contributed by atoms with Crippen molar-refractivity contribution in [2.45, 2.75) is 6.42 Å². The smallest absolute Gasteiger partial charge is 0.245 e. The minimum absolute atomic E-state index is 0.226. The van der Waals surface area contributed by atoms with Crippen LogP contribution >= 0.6 is 0 Å². The highest BCUT2D eigenvalue weighted by atomic mass is 32.2. The lowest BCUT2D eigenvalue weighted by atomic mass is 10.1. The molecule has 0 saturated heterocycles. The van der Waals surface area contributed by atoms with Crippen LogP contribution in [0.5, 0.6) is 5.75 Å². The standard InChI is InChI=1S/C11H15N3O3S/c1-16-6-3-7-17-9-5-2-4-8-10(9)11(12)14-18(15)13-8/h2,4-5,13H,3,6-7H2,1H3,(H2,12,14). The zero-order valence-electron chi connectivity index (χ0n) is 10.0. The van der Waals surface area contributed by atoms with E-state index in [4.69, 9.17) is 15.2 Å². The van der Waals surface area contributed by atoms with Gasteiger partial charge in [-0.1, -0.05) is 6.07 Å². The lowest BCUT2D eigenvalue weighted by Gasteiger charge is -2.18. The molecule has 18 heavy (non-hydrogen) atoms. The predicted molar refractivity (Wildman–Crippen MR) is 70.9 cm³/mol. The van der Waals surface area contributed by atoms with Crippen LogP contribution in [0.2, 0.25) is 0 Å². The molecule has 1 aromatic rings. The first-order chi connectivity index (χ1) is 8.72. The molecule has 7 heteroatoms. The lowest BCUT2D eigenvalue weighted by Crippen LogP contribution is -2.24. The van der Waals surface area contributed by atoms with Crippen LogP contribution in [0.1, 0.15) is 12.0 Å². The van der Waals surface area contributed by atoms with Crippen LogP contribution in [0, 0.1) is 0 Å². The molecular formula is C11H15N3O3S. The van der Waals surface area contributed by atoms with Crippen LogP contribution in [0.15, 0.2) is 22.6 Å². The number of benzene rings is 1. The average molecular weight is 269 g/mol. The van der Waals surface area contributed by atoms with Crippen molar-refractivity contribution in [3.8, 4) is 5.75 Å². The van der Waals surface area contributed by atoms with Crippen molar-refractivity contribution >= 4 is 22.7 Å². The minimum atomic E-state index is -1.51. The molecule has 0 aliphatic carbocycles. The van der Waals surface area contributed by atoms with Gasteiger partial charge in [0.25, 0.3) is 0 Å². The quantitative estimate of drug-likeness (QED) is 0.775. The van der Waals surface area contributed by atoms with Crippen LogP contribution in [0.25, 0.3) is 0 Å². The van der Waals surface area contributed by atoms with E-state index in [1.165, 1.54) is 0 Å². The second-order valence-electron chi connectivity index (χ2n) is 3.70. The summed E-state index contributed by atoms with van der Waals surface area (Å²) in [7, 11) is 1.65. The molecule has 1 atom stereocenters. The van der Waals surface area contributed by atoms with Gasteiger partial charge < -0.3 is 15.2 Å². The number of nitrogens with two attached hydrogens (primary N) is 1. The zero-order valence-corrected chi connectivity index (χ0v) is 10.8. The van der Waals surface area contributed by atoms with E-state index in [0.29, 0.717) is 30.2 Å². The van der Waals surface area contributed by atoms with Crippen LogP contribution < -0.4 is 15.2 Å². The van der Waals surface area contributed by atoms with Crippen LogP contribution in [0.3, 0.4) is 0 Å². The van der Waals surface area contributed by atoms with Crippen molar-refractivity contribution in [1.82, 2.24) is 0 Å². The van der Waals surface area contributed by atoms with Gasteiger partial charge in [0, 0.05) is 20.1 Å². The molecule has 0 aromatic heterocycles. The summed E-state index contributed by atoms with van der Waals surface area (Å²) in [5.74, 6) is 0.860. The minimum Gasteiger partial charge on any atom is -0.493 e. The van der Waals surface area contributed by atoms with Gasteiger partial charge in [-0.2, -0.15) is 4.40 Å². The molecule has 0 radical (unpaired) electrons. The van der Waals surface area contributed by atoms with Crippen LogP contribution in [0.4, 0.5) is 5.69 Å². The molecule has 3 N–H and O–H groups in total. The highest BCUT2D eigenvalue weighted by Gasteiger charge is 2.19. The highest BCUT2D eigenvalue weighted by Crippen LogP contribution is 2.29. The number of amidine groups is 1. The number of fused-ring (bicyclic) bond motifs is 1. The van der Waals surface area contributed by atoms with Crippen molar-refractivity contribution in [2.24, 2.45) is 10.1 Å². The van der Waals surface area contributed by atoms with E-state index in [2.05, 4.69) is 9.12 Å². The van der Waals surface area contributed by atoms with E-state index in [1.807, 2.05) is 12.1 Å². The number of methoxy groups -OCH3 is 1. The molecule has 0 spiro atoms. The number of nitrogens with one attached hydrogen (secondary N) is 1. The van der Waals surface area contributed by atoms with Crippen molar-refractivity contribution < 1.29 is 13.7 Å². The Morgan fingerprint density at radius 3 is 3.06 bits per heavy atom. The van der Waals surface area contributed by atoms with E-state index >= 15 is 0 Å². The molecule has 1 aliphatic rings. The van der Waals surface area contributed by atoms with Gasteiger partial charge in [0.2, 0.25) is 11.2 Å². The van der Waals surface area contributed by atoms with Crippen LogP contribution in [-0.4, -0.2) is 30.4 Å². The Kier molecular flexibility index (Phi) is 4.16. The fourth-order valence-electron chi connectivity index (χ4n) is 1.64. The number of rotatable bonds is 5. The van der Waals surface area contributed by atoms with Crippen molar-refractivity contribution in [3.63, 3.8) is 0 Å². The Bertz CT molecular complexity index is 490. The van der Waals surface area contributed by atoms with Gasteiger partial charge in [0.05, 0.1) is 17.9 Å². The first kappa shape index (κ1) is 12.8. The van der Waals surface area contributed by atoms with Gasteiger partial charge in [-0.15, -0.1) is 0 Å². The summed E-state index contributed by atoms with van der Waals surface area (Å²) >= 11 is -1.51. The molecule has 1 aromatic carbocycles. The number of hydrogen-bond acceptors (Lipinski definition) is 4. The third kappa shape index (κ3) is 2.80. The summed E-state index contributed by atoms with van der Waals surface area (Å²) in [5, 5.41) is 0. The van der Waals surface area contributed by atoms with Gasteiger partial charge in [0.1, 0.15) is 11.6 Å². The fourth-order valence-corrected chi connectivity index (χ4v) is 2.31. The Morgan fingerprint density at radius 1 is 1.44 bits per heavy atom. The number of ether oxygens (including phenoxy) is 2. The molecule has 0 saturated carbocycles. The average Bonchev–Trinajstić information content (AvgIpc) is 2.34. The Hall–Kier alpha value is -1.60. The lowest BCUT2D eigenvalue weighted by molar-refractivity contribution is 0.172. The molecule has 1 heterocycles. The molecule has 1 aliphatic heterocycles. The van der Waals surface area contributed by atoms with E-state index in [-0.39, 0.29) is 5.84 Å². The van der Waals surface area contributed by atoms with E-state index in [0.717, 1.165) is 6.42 Å². The van der Waals surface area contributed by atoms with Crippen molar-refractivity contribution in [1.29, 1.82) is 0 Å². The van der Waals surface area contributed by atoms with Gasteiger partial charge in [-0.05, 0) is 12.1 Å². The topological polar surface area (TPSA) is 85.9 Å². The van der Waals surface area contributed by atoms with Gasteiger partial charge >= 0.3 is 0 Å². The monoisotopic (exact) mass is 269 g/mol. The zero-order chi connectivity index (χ0) is 13.0. The first-order valence-electron chi connectivity index (χ1n) is 5.50. The molecule has 1 unspecified atom stereocenters. The van der Waals surface area contributed by atoms with Gasteiger partial charge in [-0.25, -0.2) is 4.21 Å². The molecule has 2 rings (SSSR count). The molecular weight excluding hydrogens is 254 g/mol. The summed E-state index contributed by atoms with van der Waals surface area (Å²) in [5.41, 5.74) is 7.11. The largest absolute Gasteiger partial charge is 0.493 e. The maximum absolute atomic E-state index is 11.3. The fraction of sp³-hybridized carbons (Fsp3) is 0.364. The summed E-state index contributed by atoms with van der Waals surface area (Å²) in [6.45, 7) is 1.17. The Morgan fingerprint density at radius 2 is 2.28 bits per heavy atom. The molecule has 0 amide bonds. The third-order valence-corrected chi connectivity index (χ3v) is 3.17. The van der Waals surface area contributed by atoms with Crippen molar-refractivity contribution in [3.05, 3.63) is 23.8 Å². The van der Waals surface area contributed by atoms with Crippen LogP contribution in [-0.2, 0) is 15.9 Å². The summed E-state index contributed by atoms with van der Waals surface area (Å²) in [4.78, 5) is 0. The Balaban J connectivity index is 2.16. The van der Waals surface area contributed by atoms with Crippen molar-refractivity contribution in [2.75, 3.05) is 25.0 Å². The summed E-state index contributed by atoms with van der Waals surface area (Å²) in [6, 6.07) is 5.41. The highest BCUT2D eigenvalue weighted by molar-refractivity contribution is 7.85. The summed E-state index contributed by atoms with van der Waals surface area (Å²) in [6.07, 6.45) is 0.788. The third-order valence-electron chi connectivity index (χ3n) is 2.41. The number of hydrogen-bond donors (Lipinski definition) is 2. The predicted octanol–water partition coefficient (Wildman–Crippen LogP) is 0.811. The van der Waals surface area contributed by atoms with Gasteiger partial charge in [-0.3, -0.25) is 4.72 Å². The van der Waals surface area contributed by atoms with E-state index < -0.39 is 11.2 Å². The first-order valence-corrected chi connectivity index (χ1v) is 6.61. The second kappa shape index (κ2) is 5.83. The van der Waals surface area contributed by atoms with E-state index in [1.54, 1.807) is 13.2 Å². The number of nitrogens with zero attached hydrogens (tertiary/aromatic N) is 1. The summed E-state index contributed by atoms with van der Waals surface area (Å²) < 4.78 is 28.4. The molecule has 6 nitrogen and oxygen atoms in total. The SMILES string of the molecule is COCCCOc1cccc2c1C(N)=NS(=O)N2. The number of anilines is 1. The van der Waals surface area contributed by atoms with E-state index in [9.17, 15) is 4.21 Å².